The number of methoxy groups -OCH3 is 1. The lowest BCUT2D eigenvalue weighted by Gasteiger charge is -2.05. The Balaban J connectivity index is 2.12. The maximum Gasteiger partial charge on any atom is 0.119 e. The van der Waals surface area contributed by atoms with Gasteiger partial charge in [0.15, 0.2) is 0 Å². The van der Waals surface area contributed by atoms with Gasteiger partial charge in [0.25, 0.3) is 0 Å². The van der Waals surface area contributed by atoms with Crippen LogP contribution in [0.4, 0.5) is 0 Å². The summed E-state index contributed by atoms with van der Waals surface area (Å²) in [4.78, 5) is 4.55. The van der Waals surface area contributed by atoms with E-state index in [-0.39, 0.29) is 0 Å². The normalized spacial score (nSPS) is 11.1. The summed E-state index contributed by atoms with van der Waals surface area (Å²) in [6, 6.07) is 8.71. The summed E-state index contributed by atoms with van der Waals surface area (Å²) in [5, 5.41) is 3.12. The van der Waals surface area contributed by atoms with Crippen LogP contribution in [0.25, 0.3) is 11.3 Å². The molecule has 1 aromatic carbocycles. The molecule has 96 valence electrons. The predicted octanol–water partition coefficient (Wildman–Crippen LogP) is 4.16. The molecule has 1 aromatic heterocycles. The van der Waals surface area contributed by atoms with Crippen molar-refractivity contribution in [1.82, 2.24) is 4.98 Å². The molecule has 0 amide bonds. The molecule has 2 rings (SSSR count). The zero-order chi connectivity index (χ0) is 13.0. The third kappa shape index (κ3) is 3.40. The van der Waals surface area contributed by atoms with Gasteiger partial charge in [-0.3, -0.25) is 0 Å². The highest BCUT2D eigenvalue weighted by Gasteiger charge is 2.05. The molecule has 0 aliphatic heterocycles. The molecule has 0 saturated heterocycles. The van der Waals surface area contributed by atoms with E-state index in [0.29, 0.717) is 12.5 Å². The Hall–Kier alpha value is -1.19. The zero-order valence-corrected chi connectivity index (χ0v) is 12.0. The molecule has 2 nitrogen and oxygen atoms in total. The fourth-order valence-electron chi connectivity index (χ4n) is 1.92. The van der Waals surface area contributed by atoms with E-state index in [9.17, 15) is 0 Å². The van der Waals surface area contributed by atoms with Crippen molar-refractivity contribution in [3.8, 4) is 11.3 Å². The van der Waals surface area contributed by atoms with Gasteiger partial charge in [0.2, 0.25) is 0 Å². The fraction of sp³-hybridized carbons (Fsp3) is 0.400. The highest BCUT2D eigenvalue weighted by molar-refractivity contribution is 7.09. The fourth-order valence-corrected chi connectivity index (χ4v) is 2.69. The Labute approximate surface area is 113 Å². The quantitative estimate of drug-likeness (QED) is 0.806. The van der Waals surface area contributed by atoms with E-state index < -0.39 is 0 Å². The highest BCUT2D eigenvalue weighted by Crippen LogP contribution is 2.23. The van der Waals surface area contributed by atoms with E-state index in [1.165, 1.54) is 11.1 Å². The first-order chi connectivity index (χ1) is 8.69. The Morgan fingerprint density at radius 3 is 2.56 bits per heavy atom. The SMILES string of the molecule is COCc1nc(-c2ccc(CC(C)C)cc2)cs1. The molecule has 0 unspecified atom stereocenters. The molecule has 3 heteroatoms. The standard InChI is InChI=1S/C15H19NOS/c1-11(2)8-12-4-6-13(7-5-12)14-10-18-15(16-14)9-17-3/h4-7,10-11H,8-9H2,1-3H3. The minimum atomic E-state index is 0.593. The van der Waals surface area contributed by atoms with Crippen molar-refractivity contribution in [2.45, 2.75) is 26.9 Å². The van der Waals surface area contributed by atoms with Crippen LogP contribution in [0, 0.1) is 5.92 Å². The number of aromatic nitrogens is 1. The Kier molecular flexibility index (Phi) is 4.50. The van der Waals surface area contributed by atoms with Crippen LogP contribution in [0.5, 0.6) is 0 Å². The second kappa shape index (κ2) is 6.12. The van der Waals surface area contributed by atoms with Crippen molar-refractivity contribution < 1.29 is 4.74 Å². The van der Waals surface area contributed by atoms with Crippen molar-refractivity contribution in [2.75, 3.05) is 7.11 Å². The van der Waals surface area contributed by atoms with Crippen LogP contribution in [-0.4, -0.2) is 12.1 Å². The maximum absolute atomic E-state index is 5.09. The summed E-state index contributed by atoms with van der Waals surface area (Å²) < 4.78 is 5.09. The van der Waals surface area contributed by atoms with Gasteiger partial charge in [0.05, 0.1) is 12.3 Å². The molecule has 0 spiro atoms. The van der Waals surface area contributed by atoms with E-state index >= 15 is 0 Å². The lowest BCUT2D eigenvalue weighted by atomic mass is 10.0. The minimum Gasteiger partial charge on any atom is -0.378 e. The Morgan fingerprint density at radius 1 is 1.22 bits per heavy atom. The monoisotopic (exact) mass is 261 g/mol. The van der Waals surface area contributed by atoms with E-state index in [2.05, 4.69) is 48.5 Å². The van der Waals surface area contributed by atoms with Crippen LogP contribution in [-0.2, 0) is 17.8 Å². The van der Waals surface area contributed by atoms with Crippen LogP contribution in [0.2, 0.25) is 0 Å². The van der Waals surface area contributed by atoms with Gasteiger partial charge in [-0.25, -0.2) is 4.98 Å². The van der Waals surface area contributed by atoms with Gasteiger partial charge in [0.1, 0.15) is 5.01 Å². The average Bonchev–Trinajstić information content (AvgIpc) is 2.78. The molecule has 0 saturated carbocycles. The van der Waals surface area contributed by atoms with Gasteiger partial charge in [-0.1, -0.05) is 38.1 Å². The number of hydrogen-bond acceptors (Lipinski definition) is 3. The van der Waals surface area contributed by atoms with Crippen LogP contribution >= 0.6 is 11.3 Å². The number of hydrogen-bond donors (Lipinski definition) is 0. The molecule has 2 aromatic rings. The van der Waals surface area contributed by atoms with Crippen molar-refractivity contribution in [2.24, 2.45) is 5.92 Å². The topological polar surface area (TPSA) is 22.1 Å². The molecular formula is C15H19NOS. The van der Waals surface area contributed by atoms with Crippen molar-refractivity contribution in [1.29, 1.82) is 0 Å². The molecule has 0 radical (unpaired) electrons. The van der Waals surface area contributed by atoms with Gasteiger partial charge < -0.3 is 4.74 Å². The van der Waals surface area contributed by atoms with E-state index in [4.69, 9.17) is 4.74 Å². The van der Waals surface area contributed by atoms with Crippen molar-refractivity contribution in [3.05, 3.63) is 40.2 Å². The number of nitrogens with zero attached hydrogens (tertiary/aromatic N) is 1. The number of ether oxygens (including phenoxy) is 1. The van der Waals surface area contributed by atoms with Gasteiger partial charge in [-0.15, -0.1) is 11.3 Å². The first kappa shape index (κ1) is 13.2. The zero-order valence-electron chi connectivity index (χ0n) is 11.1. The second-order valence-corrected chi connectivity index (χ2v) is 5.80. The lowest BCUT2D eigenvalue weighted by Crippen LogP contribution is -1.93. The van der Waals surface area contributed by atoms with E-state index in [0.717, 1.165) is 17.1 Å². The summed E-state index contributed by atoms with van der Waals surface area (Å²) in [7, 11) is 1.70. The van der Waals surface area contributed by atoms with Crippen LogP contribution in [0.1, 0.15) is 24.4 Å². The molecule has 0 aliphatic rings. The van der Waals surface area contributed by atoms with Gasteiger partial charge in [-0.2, -0.15) is 0 Å². The molecule has 0 fully saturated rings. The summed E-state index contributed by atoms with van der Waals surface area (Å²) in [6.45, 7) is 5.08. The van der Waals surface area contributed by atoms with Crippen LogP contribution in [0.3, 0.4) is 0 Å². The third-order valence-electron chi connectivity index (χ3n) is 2.71. The number of benzene rings is 1. The smallest absolute Gasteiger partial charge is 0.119 e. The summed E-state index contributed by atoms with van der Waals surface area (Å²) in [5.74, 6) is 0.698. The number of rotatable bonds is 5. The minimum absolute atomic E-state index is 0.593. The summed E-state index contributed by atoms with van der Waals surface area (Å²) in [5.41, 5.74) is 3.62. The van der Waals surface area contributed by atoms with E-state index in [1.54, 1.807) is 18.4 Å². The molecule has 18 heavy (non-hydrogen) atoms. The lowest BCUT2D eigenvalue weighted by molar-refractivity contribution is 0.184. The average molecular weight is 261 g/mol. The molecule has 0 aliphatic carbocycles. The molecule has 0 bridgehead atoms. The summed E-state index contributed by atoms with van der Waals surface area (Å²) in [6.07, 6.45) is 1.13. The first-order valence-corrected chi connectivity index (χ1v) is 7.09. The molecular weight excluding hydrogens is 242 g/mol. The van der Waals surface area contributed by atoms with Gasteiger partial charge in [0, 0.05) is 18.1 Å². The molecule has 1 heterocycles. The van der Waals surface area contributed by atoms with Crippen LogP contribution < -0.4 is 0 Å². The largest absolute Gasteiger partial charge is 0.378 e. The highest BCUT2D eigenvalue weighted by atomic mass is 32.1. The maximum atomic E-state index is 5.09. The second-order valence-electron chi connectivity index (χ2n) is 4.85. The van der Waals surface area contributed by atoms with Crippen molar-refractivity contribution in [3.63, 3.8) is 0 Å². The predicted molar refractivity (Wildman–Crippen MR) is 76.8 cm³/mol. The molecule has 0 atom stereocenters. The van der Waals surface area contributed by atoms with Crippen molar-refractivity contribution >= 4 is 11.3 Å². The molecule has 0 N–H and O–H groups in total. The van der Waals surface area contributed by atoms with Gasteiger partial charge in [-0.05, 0) is 17.9 Å². The third-order valence-corrected chi connectivity index (χ3v) is 3.54. The first-order valence-electron chi connectivity index (χ1n) is 6.21. The van der Waals surface area contributed by atoms with Gasteiger partial charge >= 0.3 is 0 Å². The van der Waals surface area contributed by atoms with Crippen LogP contribution in [0.15, 0.2) is 29.6 Å². The summed E-state index contributed by atoms with van der Waals surface area (Å²) >= 11 is 1.65. The Morgan fingerprint density at radius 2 is 1.94 bits per heavy atom. The number of thiazole rings is 1. The van der Waals surface area contributed by atoms with E-state index in [1.807, 2.05) is 0 Å². The Bertz CT molecular complexity index is 487.